The molecule has 1 aromatic carbocycles. The fraction of sp³-hybridized carbons (Fsp3) is 0.562. The van der Waals surface area contributed by atoms with Crippen molar-refractivity contribution in [1.82, 2.24) is 10.2 Å². The second-order valence-electron chi connectivity index (χ2n) is 6.21. The molecule has 1 aromatic rings. The number of carbonyl (C=O) groups excluding carboxylic acids is 1. The number of piperazine rings is 1. The second-order valence-corrected chi connectivity index (χ2v) is 6.21. The van der Waals surface area contributed by atoms with Gasteiger partial charge in [-0.1, -0.05) is 0 Å². The van der Waals surface area contributed by atoms with Crippen LogP contribution in [-0.2, 0) is 0 Å². The predicted molar refractivity (Wildman–Crippen MR) is 87.9 cm³/mol. The Balaban J connectivity index is 1.89. The molecule has 0 unspecified atom stereocenters. The Morgan fingerprint density at radius 1 is 1.30 bits per heavy atom. The van der Waals surface area contributed by atoms with E-state index in [-0.39, 0.29) is 22.6 Å². The van der Waals surface area contributed by atoms with Crippen molar-refractivity contribution in [2.24, 2.45) is 0 Å². The quantitative estimate of drug-likeness (QED) is 0.677. The van der Waals surface area contributed by atoms with E-state index < -0.39 is 0 Å². The van der Waals surface area contributed by atoms with Crippen LogP contribution in [0.1, 0.15) is 30.1 Å². The topological polar surface area (TPSA) is 78.7 Å². The fourth-order valence-electron chi connectivity index (χ4n) is 3.34. The van der Waals surface area contributed by atoms with Crippen molar-refractivity contribution in [3.05, 3.63) is 33.9 Å². The molecule has 1 amide bonds. The standard InChI is InChI=1S/C16H22N4O3/c1-12-11-17-6-9-19(12)16(21)13-4-5-14(15(10-13)20(22)23)18-7-2-3-8-18/h4-5,10,12,17H,2-3,6-9,11H2,1H3/t12-/m0/s1. The van der Waals surface area contributed by atoms with E-state index in [1.165, 1.54) is 6.07 Å². The lowest BCUT2D eigenvalue weighted by Crippen LogP contribution is -2.52. The van der Waals surface area contributed by atoms with Crippen LogP contribution in [-0.4, -0.2) is 54.5 Å². The molecule has 0 aliphatic carbocycles. The van der Waals surface area contributed by atoms with Crippen molar-refractivity contribution in [2.75, 3.05) is 37.6 Å². The van der Waals surface area contributed by atoms with Crippen molar-refractivity contribution < 1.29 is 9.72 Å². The van der Waals surface area contributed by atoms with Crippen molar-refractivity contribution in [3.8, 4) is 0 Å². The highest BCUT2D eigenvalue weighted by Gasteiger charge is 2.28. The molecule has 7 heteroatoms. The predicted octanol–water partition coefficient (Wildman–Crippen LogP) is 1.63. The number of rotatable bonds is 3. The molecule has 0 aromatic heterocycles. The Bertz CT molecular complexity index is 613. The zero-order valence-corrected chi connectivity index (χ0v) is 13.3. The number of hydrogen-bond acceptors (Lipinski definition) is 5. The van der Waals surface area contributed by atoms with E-state index >= 15 is 0 Å². The number of carbonyl (C=O) groups is 1. The second kappa shape index (κ2) is 6.54. The zero-order chi connectivity index (χ0) is 16.4. The van der Waals surface area contributed by atoms with Gasteiger partial charge >= 0.3 is 0 Å². The third kappa shape index (κ3) is 3.14. The lowest BCUT2D eigenvalue weighted by molar-refractivity contribution is -0.384. The molecule has 2 fully saturated rings. The van der Waals surface area contributed by atoms with E-state index in [1.807, 2.05) is 11.8 Å². The molecule has 7 nitrogen and oxygen atoms in total. The molecule has 2 saturated heterocycles. The molecule has 0 spiro atoms. The normalized spacial score (nSPS) is 21.5. The van der Waals surface area contributed by atoms with Crippen molar-refractivity contribution >= 4 is 17.3 Å². The van der Waals surface area contributed by atoms with Gasteiger partial charge in [-0.25, -0.2) is 0 Å². The summed E-state index contributed by atoms with van der Waals surface area (Å²) in [7, 11) is 0. The zero-order valence-electron chi connectivity index (χ0n) is 13.3. The summed E-state index contributed by atoms with van der Waals surface area (Å²) in [6.45, 7) is 5.79. The van der Waals surface area contributed by atoms with Gasteiger partial charge in [0, 0.05) is 50.4 Å². The van der Waals surface area contributed by atoms with E-state index in [0.29, 0.717) is 17.8 Å². The van der Waals surface area contributed by atoms with Crippen LogP contribution in [0.5, 0.6) is 0 Å². The first-order valence-electron chi connectivity index (χ1n) is 8.13. The van der Waals surface area contributed by atoms with Gasteiger partial charge in [-0.15, -0.1) is 0 Å². The molecular weight excluding hydrogens is 296 g/mol. The lowest BCUT2D eigenvalue weighted by atomic mass is 10.1. The van der Waals surface area contributed by atoms with Crippen LogP contribution >= 0.6 is 0 Å². The molecule has 3 rings (SSSR count). The number of hydrogen-bond donors (Lipinski definition) is 1. The maximum absolute atomic E-state index is 12.7. The molecule has 1 N–H and O–H groups in total. The van der Waals surface area contributed by atoms with Crippen LogP contribution in [0.2, 0.25) is 0 Å². The van der Waals surface area contributed by atoms with Crippen LogP contribution in [0.15, 0.2) is 18.2 Å². The van der Waals surface area contributed by atoms with Gasteiger partial charge in [-0.2, -0.15) is 0 Å². The Morgan fingerprint density at radius 3 is 2.70 bits per heavy atom. The van der Waals surface area contributed by atoms with Crippen molar-refractivity contribution in [3.63, 3.8) is 0 Å². The van der Waals surface area contributed by atoms with E-state index in [4.69, 9.17) is 0 Å². The summed E-state index contributed by atoms with van der Waals surface area (Å²) >= 11 is 0. The highest BCUT2D eigenvalue weighted by molar-refractivity contribution is 5.96. The van der Waals surface area contributed by atoms with Crippen molar-refractivity contribution in [2.45, 2.75) is 25.8 Å². The molecular formula is C16H22N4O3. The number of nitro benzene ring substituents is 1. The summed E-state index contributed by atoms with van der Waals surface area (Å²) in [5.74, 6) is -0.130. The highest BCUT2D eigenvalue weighted by Crippen LogP contribution is 2.32. The summed E-state index contributed by atoms with van der Waals surface area (Å²) in [5.41, 5.74) is 1.05. The van der Waals surface area contributed by atoms with Gasteiger partial charge < -0.3 is 15.1 Å². The van der Waals surface area contributed by atoms with E-state index in [2.05, 4.69) is 5.32 Å². The van der Waals surface area contributed by atoms with Crippen LogP contribution in [0.25, 0.3) is 0 Å². The molecule has 2 aliphatic heterocycles. The Labute approximate surface area is 135 Å². The first-order chi connectivity index (χ1) is 11.1. The van der Waals surface area contributed by atoms with Crippen LogP contribution < -0.4 is 10.2 Å². The lowest BCUT2D eigenvalue weighted by Gasteiger charge is -2.34. The third-order valence-electron chi connectivity index (χ3n) is 4.63. The van der Waals surface area contributed by atoms with Gasteiger partial charge in [0.15, 0.2) is 0 Å². The molecule has 2 aliphatic rings. The van der Waals surface area contributed by atoms with Gasteiger partial charge in [0.25, 0.3) is 11.6 Å². The Kier molecular flexibility index (Phi) is 4.47. The van der Waals surface area contributed by atoms with Gasteiger partial charge in [-0.05, 0) is 31.9 Å². The number of nitrogens with one attached hydrogen (secondary N) is 1. The monoisotopic (exact) mass is 318 g/mol. The maximum Gasteiger partial charge on any atom is 0.293 e. The van der Waals surface area contributed by atoms with E-state index in [9.17, 15) is 14.9 Å². The van der Waals surface area contributed by atoms with Gasteiger partial charge in [0.1, 0.15) is 5.69 Å². The minimum Gasteiger partial charge on any atom is -0.366 e. The minimum atomic E-state index is -0.383. The highest BCUT2D eigenvalue weighted by atomic mass is 16.6. The number of nitro groups is 1. The molecule has 124 valence electrons. The average Bonchev–Trinajstić information content (AvgIpc) is 3.08. The number of anilines is 1. The Morgan fingerprint density at radius 2 is 2.04 bits per heavy atom. The molecule has 0 saturated carbocycles. The number of amides is 1. The summed E-state index contributed by atoms with van der Waals surface area (Å²) in [6, 6.07) is 4.97. The van der Waals surface area contributed by atoms with Crippen LogP contribution in [0.3, 0.4) is 0 Å². The summed E-state index contributed by atoms with van der Waals surface area (Å²) in [5, 5.41) is 14.7. The smallest absolute Gasteiger partial charge is 0.293 e. The molecule has 1 atom stereocenters. The SMILES string of the molecule is C[C@H]1CNCCN1C(=O)c1ccc(N2CCCC2)c([N+](=O)[O-])c1. The van der Waals surface area contributed by atoms with E-state index in [0.717, 1.165) is 39.0 Å². The van der Waals surface area contributed by atoms with Gasteiger partial charge in [-0.3, -0.25) is 14.9 Å². The number of nitrogens with zero attached hydrogens (tertiary/aromatic N) is 3. The van der Waals surface area contributed by atoms with Crippen LogP contribution in [0.4, 0.5) is 11.4 Å². The van der Waals surface area contributed by atoms with Gasteiger partial charge in [0.05, 0.1) is 4.92 Å². The van der Waals surface area contributed by atoms with Crippen LogP contribution in [0, 0.1) is 10.1 Å². The molecule has 0 radical (unpaired) electrons. The third-order valence-corrected chi connectivity index (χ3v) is 4.63. The first-order valence-corrected chi connectivity index (χ1v) is 8.13. The number of benzene rings is 1. The first kappa shape index (κ1) is 15.7. The fourth-order valence-corrected chi connectivity index (χ4v) is 3.34. The molecule has 2 heterocycles. The van der Waals surface area contributed by atoms with Crippen molar-refractivity contribution in [1.29, 1.82) is 0 Å². The summed E-state index contributed by atoms with van der Waals surface area (Å²) in [4.78, 5) is 27.5. The average molecular weight is 318 g/mol. The largest absolute Gasteiger partial charge is 0.366 e. The Hall–Kier alpha value is -2.15. The van der Waals surface area contributed by atoms with Gasteiger partial charge in [0.2, 0.25) is 0 Å². The van der Waals surface area contributed by atoms with E-state index in [1.54, 1.807) is 17.0 Å². The summed E-state index contributed by atoms with van der Waals surface area (Å²) < 4.78 is 0. The molecule has 0 bridgehead atoms. The maximum atomic E-state index is 12.7. The summed E-state index contributed by atoms with van der Waals surface area (Å²) in [6.07, 6.45) is 2.10. The molecule has 23 heavy (non-hydrogen) atoms. The minimum absolute atomic E-state index is 0.0283.